The van der Waals surface area contributed by atoms with Crippen LogP contribution in [0.25, 0.3) is 0 Å². The molecule has 0 fully saturated rings. The fourth-order valence-corrected chi connectivity index (χ4v) is 3.81. The Kier molecular flexibility index (Phi) is 14.6. The first kappa shape index (κ1) is 25.1. The van der Waals surface area contributed by atoms with E-state index in [0.717, 1.165) is 19.3 Å². The Morgan fingerprint density at radius 3 is 1.69 bits per heavy atom. The summed E-state index contributed by atoms with van der Waals surface area (Å²) < 4.78 is 34.1. The van der Waals surface area contributed by atoms with Crippen LogP contribution < -0.4 is 0 Å². The average Bonchev–Trinajstić information content (AvgIpc) is 2.60. The monoisotopic (exact) mass is 394 g/mol. The van der Waals surface area contributed by atoms with E-state index in [2.05, 4.69) is 0 Å². The summed E-state index contributed by atoms with van der Waals surface area (Å²) in [5, 5.41) is 0. The predicted octanol–water partition coefficient (Wildman–Crippen LogP) is 4.34. The van der Waals surface area contributed by atoms with Crippen LogP contribution in [0.4, 0.5) is 0 Å². The van der Waals surface area contributed by atoms with E-state index < -0.39 is 25.5 Å². The van der Waals surface area contributed by atoms with Crippen LogP contribution in [0.5, 0.6) is 0 Å². The zero-order chi connectivity index (χ0) is 19.8. The summed E-state index contributed by atoms with van der Waals surface area (Å²) in [6, 6.07) is 0. The molecule has 26 heavy (non-hydrogen) atoms. The van der Waals surface area contributed by atoms with Crippen LogP contribution in [0.2, 0.25) is 0 Å². The lowest BCUT2D eigenvalue weighted by molar-refractivity contribution is -0.160. The summed E-state index contributed by atoms with van der Waals surface area (Å²) >= 11 is 0. The first-order valence-corrected chi connectivity index (χ1v) is 11.4. The van der Waals surface area contributed by atoms with Crippen LogP contribution in [0, 0.1) is 5.92 Å². The van der Waals surface area contributed by atoms with E-state index in [1.165, 1.54) is 0 Å². The second-order valence-electron chi connectivity index (χ2n) is 5.99. The molecule has 0 aromatic heterocycles. The van der Waals surface area contributed by atoms with Crippen molar-refractivity contribution in [1.82, 2.24) is 0 Å². The van der Waals surface area contributed by atoms with E-state index in [9.17, 15) is 14.2 Å². The summed E-state index contributed by atoms with van der Waals surface area (Å²) in [6.45, 7) is 8.41. The third-order valence-corrected chi connectivity index (χ3v) is 5.54. The highest BCUT2D eigenvalue weighted by atomic mass is 31.2. The number of ether oxygens (including phenoxy) is 2. The third-order valence-electron chi connectivity index (χ3n) is 3.58. The smallest absolute Gasteiger partial charge is 0.332 e. The van der Waals surface area contributed by atoms with Crippen LogP contribution in [0.15, 0.2) is 0 Å². The maximum absolute atomic E-state index is 13.1. The number of rotatable bonds is 16. The molecule has 0 radical (unpaired) electrons. The van der Waals surface area contributed by atoms with Crippen molar-refractivity contribution in [3.8, 4) is 0 Å². The Labute approximate surface area is 157 Å². The van der Waals surface area contributed by atoms with Crippen LogP contribution in [0.1, 0.15) is 66.2 Å². The van der Waals surface area contributed by atoms with Gasteiger partial charge in [-0.1, -0.05) is 40.0 Å². The Morgan fingerprint density at radius 1 is 0.769 bits per heavy atom. The lowest BCUT2D eigenvalue weighted by atomic mass is 10.2. The van der Waals surface area contributed by atoms with Crippen molar-refractivity contribution in [2.75, 3.05) is 32.6 Å². The molecular formula is C18H35O7P. The normalized spacial score (nSPS) is 12.6. The number of hydrogen-bond donors (Lipinski definition) is 0. The maximum Gasteiger partial charge on any atom is 0.332 e. The predicted molar refractivity (Wildman–Crippen MR) is 100 cm³/mol. The lowest BCUT2D eigenvalue weighted by Gasteiger charge is -2.22. The minimum absolute atomic E-state index is 0.120. The van der Waals surface area contributed by atoms with Gasteiger partial charge in [0.25, 0.3) is 0 Å². The Morgan fingerprint density at radius 2 is 1.23 bits per heavy atom. The minimum Gasteiger partial charge on any atom is -0.465 e. The van der Waals surface area contributed by atoms with Crippen LogP contribution >= 0.6 is 7.60 Å². The molecular weight excluding hydrogens is 359 g/mol. The maximum atomic E-state index is 13.1. The van der Waals surface area contributed by atoms with E-state index >= 15 is 0 Å². The molecule has 0 aliphatic rings. The second-order valence-corrected chi connectivity index (χ2v) is 8.10. The van der Waals surface area contributed by atoms with Gasteiger partial charge in [-0.2, -0.15) is 0 Å². The van der Waals surface area contributed by atoms with Gasteiger partial charge in [0.1, 0.15) is 0 Å². The van der Waals surface area contributed by atoms with Crippen molar-refractivity contribution in [3.63, 3.8) is 0 Å². The SMILES string of the molecule is CCCCOC(=O)C(CP(=O)(OCCCC)OCCCC)C(=O)OCC. The van der Waals surface area contributed by atoms with Gasteiger partial charge in [0.05, 0.1) is 32.6 Å². The van der Waals surface area contributed by atoms with E-state index in [0.29, 0.717) is 19.3 Å². The number of esters is 2. The summed E-state index contributed by atoms with van der Waals surface area (Å²) in [7, 11) is -3.61. The molecule has 0 rings (SSSR count). The van der Waals surface area contributed by atoms with Crippen molar-refractivity contribution in [3.05, 3.63) is 0 Å². The largest absolute Gasteiger partial charge is 0.465 e. The zero-order valence-corrected chi connectivity index (χ0v) is 17.6. The first-order chi connectivity index (χ1) is 12.4. The standard InChI is InChI=1S/C18H35O7P/c1-5-9-12-23-18(20)16(17(19)22-8-4)15-26(21,24-13-10-6-2)25-14-11-7-3/h16H,5-15H2,1-4H3. The molecule has 0 N–H and O–H groups in total. The van der Waals surface area contributed by atoms with Crippen molar-refractivity contribution >= 4 is 19.5 Å². The molecule has 8 heteroatoms. The van der Waals surface area contributed by atoms with Gasteiger partial charge >= 0.3 is 19.5 Å². The van der Waals surface area contributed by atoms with E-state index in [-0.39, 0.29) is 32.6 Å². The van der Waals surface area contributed by atoms with Crippen molar-refractivity contribution in [1.29, 1.82) is 0 Å². The molecule has 0 saturated carbocycles. The summed E-state index contributed by atoms with van der Waals surface area (Å²) in [5.41, 5.74) is 0. The summed E-state index contributed by atoms with van der Waals surface area (Å²) in [5.74, 6) is -2.80. The molecule has 154 valence electrons. The Hall–Kier alpha value is -0.910. The third kappa shape index (κ3) is 10.9. The van der Waals surface area contributed by atoms with E-state index in [1.54, 1.807) is 6.92 Å². The topological polar surface area (TPSA) is 88.1 Å². The number of carbonyl (C=O) groups is 2. The average molecular weight is 394 g/mol. The minimum atomic E-state index is -3.61. The summed E-state index contributed by atoms with van der Waals surface area (Å²) in [6.07, 6.45) is 4.36. The highest BCUT2D eigenvalue weighted by Gasteiger charge is 2.39. The summed E-state index contributed by atoms with van der Waals surface area (Å²) in [4.78, 5) is 24.5. The van der Waals surface area contributed by atoms with Gasteiger partial charge in [-0.3, -0.25) is 14.2 Å². The molecule has 0 bridgehead atoms. The quantitative estimate of drug-likeness (QED) is 0.167. The molecule has 0 aromatic rings. The molecule has 0 aliphatic heterocycles. The van der Waals surface area contributed by atoms with Gasteiger partial charge in [0, 0.05) is 0 Å². The van der Waals surface area contributed by atoms with E-state index in [1.807, 2.05) is 20.8 Å². The second kappa shape index (κ2) is 15.2. The fraction of sp³-hybridized carbons (Fsp3) is 0.889. The molecule has 7 nitrogen and oxygen atoms in total. The molecule has 0 saturated heterocycles. The van der Waals surface area contributed by atoms with E-state index in [4.69, 9.17) is 18.5 Å². The lowest BCUT2D eigenvalue weighted by Crippen LogP contribution is -2.32. The molecule has 1 atom stereocenters. The molecule has 0 aliphatic carbocycles. The Bertz CT molecular complexity index is 425. The number of carbonyl (C=O) groups excluding carboxylic acids is 2. The van der Waals surface area contributed by atoms with Gasteiger partial charge in [0.2, 0.25) is 0 Å². The first-order valence-electron chi connectivity index (χ1n) is 9.65. The van der Waals surface area contributed by atoms with Crippen molar-refractivity contribution < 1.29 is 32.7 Å². The van der Waals surface area contributed by atoms with Crippen LogP contribution in [-0.2, 0) is 32.7 Å². The fourth-order valence-electron chi connectivity index (χ4n) is 1.97. The van der Waals surface area contributed by atoms with Gasteiger partial charge in [-0.15, -0.1) is 0 Å². The van der Waals surface area contributed by atoms with Gasteiger partial charge in [-0.25, -0.2) is 0 Å². The molecule has 0 spiro atoms. The molecule has 1 unspecified atom stereocenters. The van der Waals surface area contributed by atoms with Crippen molar-refractivity contribution in [2.24, 2.45) is 5.92 Å². The van der Waals surface area contributed by atoms with Crippen molar-refractivity contribution in [2.45, 2.75) is 66.2 Å². The highest BCUT2D eigenvalue weighted by Crippen LogP contribution is 2.50. The number of hydrogen-bond acceptors (Lipinski definition) is 7. The van der Waals surface area contributed by atoms with Crippen LogP contribution in [0.3, 0.4) is 0 Å². The highest BCUT2D eigenvalue weighted by molar-refractivity contribution is 7.53. The van der Waals surface area contributed by atoms with Gasteiger partial charge in [-0.05, 0) is 26.2 Å². The molecule has 0 heterocycles. The van der Waals surface area contributed by atoms with Gasteiger partial charge in [0.15, 0.2) is 5.92 Å². The number of unbranched alkanes of at least 4 members (excludes halogenated alkanes) is 3. The molecule has 0 aromatic carbocycles. The Balaban J connectivity index is 5.13. The van der Waals surface area contributed by atoms with Crippen LogP contribution in [-0.4, -0.2) is 44.5 Å². The zero-order valence-electron chi connectivity index (χ0n) is 16.7. The molecule has 0 amide bonds. The van der Waals surface area contributed by atoms with Gasteiger partial charge < -0.3 is 18.5 Å².